The highest BCUT2D eigenvalue weighted by Crippen LogP contribution is 2.44. The molecule has 1 aliphatic carbocycles. The topological polar surface area (TPSA) is 69.6 Å². The van der Waals surface area contributed by atoms with Crippen LogP contribution in [0.15, 0.2) is 36.8 Å². The van der Waals surface area contributed by atoms with E-state index in [0.29, 0.717) is 17.5 Å². The summed E-state index contributed by atoms with van der Waals surface area (Å²) >= 11 is 6.66. The number of pyridine rings is 2. The van der Waals surface area contributed by atoms with Gasteiger partial charge in [0.1, 0.15) is 5.82 Å². The van der Waals surface area contributed by atoms with Crippen molar-refractivity contribution in [3.05, 3.63) is 41.8 Å². The highest BCUT2D eigenvalue weighted by molar-refractivity contribution is 6.33. The van der Waals surface area contributed by atoms with Crippen molar-refractivity contribution in [3.63, 3.8) is 0 Å². The van der Waals surface area contributed by atoms with E-state index in [1.165, 1.54) is 0 Å². The van der Waals surface area contributed by atoms with Gasteiger partial charge in [-0.3, -0.25) is 9.78 Å². The highest BCUT2D eigenvalue weighted by Gasteiger charge is 2.51. The summed E-state index contributed by atoms with van der Waals surface area (Å²) in [5.74, 6) is 1.06. The Hall–Kier alpha value is -2.18. The number of hydrogen-bond donors (Lipinski definition) is 1. The van der Waals surface area contributed by atoms with Crippen LogP contribution in [0.3, 0.4) is 0 Å². The summed E-state index contributed by atoms with van der Waals surface area (Å²) < 4.78 is 0. The van der Waals surface area contributed by atoms with E-state index in [-0.39, 0.29) is 17.6 Å². The number of carbonyl (C=O) groups excluding carboxylic acids is 1. The zero-order valence-corrected chi connectivity index (χ0v) is 18.5. The van der Waals surface area contributed by atoms with E-state index in [0.717, 1.165) is 75.0 Å². The van der Waals surface area contributed by atoms with Gasteiger partial charge in [0.25, 0.3) is 0 Å². The number of aromatic nitrogens is 2. The maximum Gasteiger partial charge on any atom is 0.230 e. The van der Waals surface area contributed by atoms with Crippen LogP contribution in [0.25, 0.3) is 11.1 Å². The Morgan fingerprint density at radius 2 is 1.94 bits per heavy atom. The van der Waals surface area contributed by atoms with E-state index < -0.39 is 0 Å². The first-order valence-corrected chi connectivity index (χ1v) is 11.7. The van der Waals surface area contributed by atoms with Gasteiger partial charge in [0, 0.05) is 55.4 Å². The molecule has 1 atom stereocenters. The molecule has 0 unspecified atom stereocenters. The van der Waals surface area contributed by atoms with Crippen molar-refractivity contribution in [2.75, 3.05) is 24.5 Å². The van der Waals surface area contributed by atoms with Crippen molar-refractivity contribution in [1.29, 1.82) is 0 Å². The molecule has 2 saturated heterocycles. The molecule has 3 aliphatic rings. The van der Waals surface area contributed by atoms with Gasteiger partial charge in [-0.15, -0.1) is 0 Å². The SMILES string of the molecule is O=C1N([C@H]2CC[C@H](O)CC2)CC[C@@]12CCCN(c1ncc(-c3cccnc3)cc1Cl)C2. The van der Waals surface area contributed by atoms with E-state index in [4.69, 9.17) is 11.6 Å². The largest absolute Gasteiger partial charge is 0.393 e. The van der Waals surface area contributed by atoms with Crippen LogP contribution in [-0.4, -0.2) is 57.7 Å². The lowest BCUT2D eigenvalue weighted by Crippen LogP contribution is -2.50. The first-order valence-electron chi connectivity index (χ1n) is 11.4. The molecule has 1 N–H and O–H groups in total. The maximum absolute atomic E-state index is 13.5. The normalized spacial score (nSPS) is 29.0. The lowest BCUT2D eigenvalue weighted by Gasteiger charge is -2.41. The van der Waals surface area contributed by atoms with Crippen molar-refractivity contribution in [3.8, 4) is 11.1 Å². The molecule has 6 nitrogen and oxygen atoms in total. The molecule has 1 saturated carbocycles. The first kappa shape index (κ1) is 20.7. The summed E-state index contributed by atoms with van der Waals surface area (Å²) in [5.41, 5.74) is 1.59. The van der Waals surface area contributed by atoms with Crippen LogP contribution in [0.2, 0.25) is 5.02 Å². The second-order valence-corrected chi connectivity index (χ2v) is 9.69. The van der Waals surface area contributed by atoms with Crippen molar-refractivity contribution < 1.29 is 9.90 Å². The summed E-state index contributed by atoms with van der Waals surface area (Å²) in [6.07, 6.45) is 11.4. The number of likely N-dealkylation sites (tertiary alicyclic amines) is 1. The monoisotopic (exact) mass is 440 g/mol. The third-order valence-electron chi connectivity index (χ3n) is 7.35. The number of hydrogen-bond acceptors (Lipinski definition) is 5. The van der Waals surface area contributed by atoms with E-state index in [2.05, 4.69) is 19.8 Å². The van der Waals surface area contributed by atoms with Crippen molar-refractivity contribution in [1.82, 2.24) is 14.9 Å². The number of aliphatic hydroxyl groups excluding tert-OH is 1. The molecule has 164 valence electrons. The predicted octanol–water partition coefficient (Wildman–Crippen LogP) is 3.92. The lowest BCUT2D eigenvalue weighted by molar-refractivity contribution is -0.139. The summed E-state index contributed by atoms with van der Waals surface area (Å²) in [4.78, 5) is 26.7. The molecule has 3 fully saturated rings. The standard InChI is InChI=1S/C24H29ClN4O2/c25-21-13-18(17-3-1-10-26-14-17)15-27-22(21)28-11-2-8-24(16-28)9-12-29(23(24)31)19-4-6-20(30)7-5-19/h1,3,10,13-15,19-20,30H,2,4-9,11-12,16H2/t19-,20-,24-/m1/s1. The van der Waals surface area contributed by atoms with Gasteiger partial charge in [-0.25, -0.2) is 4.98 Å². The third-order valence-corrected chi connectivity index (χ3v) is 7.62. The molecule has 1 spiro atoms. The zero-order valence-electron chi connectivity index (χ0n) is 17.7. The maximum atomic E-state index is 13.5. The van der Waals surface area contributed by atoms with Gasteiger partial charge < -0.3 is 14.9 Å². The predicted molar refractivity (Wildman–Crippen MR) is 121 cm³/mol. The second kappa shape index (κ2) is 8.40. The van der Waals surface area contributed by atoms with Crippen LogP contribution in [0, 0.1) is 5.41 Å². The summed E-state index contributed by atoms with van der Waals surface area (Å²) in [5, 5.41) is 10.4. The summed E-state index contributed by atoms with van der Waals surface area (Å²) in [6, 6.07) is 6.12. The van der Waals surface area contributed by atoms with E-state index in [1.54, 1.807) is 12.4 Å². The molecule has 1 amide bonds. The molecule has 2 aromatic heterocycles. The molecule has 0 radical (unpaired) electrons. The number of halogens is 1. The quantitative estimate of drug-likeness (QED) is 0.783. The number of nitrogens with zero attached hydrogens (tertiary/aromatic N) is 4. The molecule has 5 rings (SSSR count). The zero-order chi connectivity index (χ0) is 21.4. The minimum Gasteiger partial charge on any atom is -0.393 e. The smallest absolute Gasteiger partial charge is 0.230 e. The van der Waals surface area contributed by atoms with Crippen molar-refractivity contribution in [2.45, 2.75) is 57.1 Å². The fourth-order valence-electron chi connectivity index (χ4n) is 5.61. The molecule has 2 aromatic rings. The van der Waals surface area contributed by atoms with Crippen LogP contribution in [-0.2, 0) is 4.79 Å². The average molecular weight is 441 g/mol. The number of amides is 1. The number of rotatable bonds is 3. The average Bonchev–Trinajstić information content (AvgIpc) is 3.10. The molecule has 4 heterocycles. The van der Waals surface area contributed by atoms with Crippen LogP contribution in [0.5, 0.6) is 0 Å². The van der Waals surface area contributed by atoms with Gasteiger partial charge >= 0.3 is 0 Å². The van der Waals surface area contributed by atoms with Gasteiger partial charge in [0.15, 0.2) is 0 Å². The first-order chi connectivity index (χ1) is 15.1. The number of anilines is 1. The Morgan fingerprint density at radius 1 is 1.10 bits per heavy atom. The van der Waals surface area contributed by atoms with Gasteiger partial charge in [-0.05, 0) is 57.1 Å². The van der Waals surface area contributed by atoms with Crippen LogP contribution >= 0.6 is 11.6 Å². The Balaban J connectivity index is 1.33. The van der Waals surface area contributed by atoms with Crippen molar-refractivity contribution in [2.24, 2.45) is 5.41 Å². The fraction of sp³-hybridized carbons (Fsp3) is 0.542. The second-order valence-electron chi connectivity index (χ2n) is 9.29. The number of aliphatic hydroxyl groups is 1. The summed E-state index contributed by atoms with van der Waals surface area (Å²) in [7, 11) is 0. The van der Waals surface area contributed by atoms with Crippen LogP contribution < -0.4 is 4.90 Å². The van der Waals surface area contributed by atoms with E-state index in [1.807, 2.05) is 24.4 Å². The van der Waals surface area contributed by atoms with E-state index >= 15 is 0 Å². The fourth-order valence-corrected chi connectivity index (χ4v) is 5.90. The molecule has 7 heteroatoms. The molecule has 2 aliphatic heterocycles. The Morgan fingerprint density at radius 3 is 2.68 bits per heavy atom. The molecule has 31 heavy (non-hydrogen) atoms. The van der Waals surface area contributed by atoms with Gasteiger partial charge in [-0.1, -0.05) is 17.7 Å². The minimum atomic E-state index is -0.332. The van der Waals surface area contributed by atoms with Gasteiger partial charge in [-0.2, -0.15) is 0 Å². The van der Waals surface area contributed by atoms with Gasteiger partial charge in [0.05, 0.1) is 16.5 Å². The number of piperidine rings is 1. The van der Waals surface area contributed by atoms with Gasteiger partial charge in [0.2, 0.25) is 5.91 Å². The van der Waals surface area contributed by atoms with Crippen LogP contribution in [0.4, 0.5) is 5.82 Å². The van der Waals surface area contributed by atoms with Crippen molar-refractivity contribution >= 4 is 23.3 Å². The summed E-state index contributed by atoms with van der Waals surface area (Å²) in [6.45, 7) is 2.37. The van der Waals surface area contributed by atoms with E-state index in [9.17, 15) is 9.90 Å². The van der Waals surface area contributed by atoms with Crippen LogP contribution in [0.1, 0.15) is 44.9 Å². The number of carbonyl (C=O) groups is 1. The minimum absolute atomic E-state index is 0.198. The molecular formula is C24H29ClN4O2. The lowest BCUT2D eigenvalue weighted by atomic mass is 9.78. The Kier molecular flexibility index (Phi) is 5.61. The molecule has 0 aromatic carbocycles. The Labute approximate surface area is 188 Å². The molecule has 0 bridgehead atoms. The highest BCUT2D eigenvalue weighted by atomic mass is 35.5. The molecular weight excluding hydrogens is 412 g/mol. The Bertz CT molecular complexity index is 948. The third kappa shape index (κ3) is 3.92.